The molecule has 0 saturated carbocycles. The molecule has 0 bridgehead atoms. The van der Waals surface area contributed by atoms with Crippen molar-refractivity contribution in [2.45, 2.75) is 59.0 Å². The SMILES string of the molecule is CCCC(C)NC(=O)C(C)N(CC)CCCN. The molecule has 0 aromatic carbocycles. The van der Waals surface area contributed by atoms with E-state index >= 15 is 0 Å². The molecule has 0 aromatic rings. The molecule has 2 atom stereocenters. The van der Waals surface area contributed by atoms with Gasteiger partial charge in [-0.2, -0.15) is 0 Å². The Bertz CT molecular complexity index is 209. The quantitative estimate of drug-likeness (QED) is 0.643. The van der Waals surface area contributed by atoms with E-state index in [0.717, 1.165) is 32.4 Å². The molecule has 0 fully saturated rings. The number of nitrogens with zero attached hydrogens (tertiary/aromatic N) is 1. The van der Waals surface area contributed by atoms with E-state index in [1.165, 1.54) is 0 Å². The van der Waals surface area contributed by atoms with Crippen molar-refractivity contribution in [1.82, 2.24) is 10.2 Å². The minimum atomic E-state index is -0.0640. The Kier molecular flexibility index (Phi) is 9.09. The minimum Gasteiger partial charge on any atom is -0.352 e. The Morgan fingerprint density at radius 1 is 1.35 bits per heavy atom. The van der Waals surface area contributed by atoms with Crippen molar-refractivity contribution in [3.8, 4) is 0 Å². The van der Waals surface area contributed by atoms with Crippen LogP contribution < -0.4 is 11.1 Å². The molecular formula is C13H29N3O. The summed E-state index contributed by atoms with van der Waals surface area (Å²) in [5.41, 5.74) is 5.50. The molecule has 102 valence electrons. The van der Waals surface area contributed by atoms with Crippen LogP contribution in [0, 0.1) is 0 Å². The minimum absolute atomic E-state index is 0.0640. The van der Waals surface area contributed by atoms with Crippen LogP contribution in [0.2, 0.25) is 0 Å². The van der Waals surface area contributed by atoms with E-state index < -0.39 is 0 Å². The summed E-state index contributed by atoms with van der Waals surface area (Å²) in [5, 5.41) is 3.06. The van der Waals surface area contributed by atoms with Gasteiger partial charge in [-0.15, -0.1) is 0 Å². The zero-order valence-electron chi connectivity index (χ0n) is 11.8. The summed E-state index contributed by atoms with van der Waals surface area (Å²) >= 11 is 0. The number of nitrogens with one attached hydrogen (secondary N) is 1. The third-order valence-electron chi connectivity index (χ3n) is 3.09. The smallest absolute Gasteiger partial charge is 0.237 e. The van der Waals surface area contributed by atoms with Crippen LogP contribution in [0.5, 0.6) is 0 Å². The van der Waals surface area contributed by atoms with Crippen molar-refractivity contribution in [2.75, 3.05) is 19.6 Å². The molecule has 0 aliphatic heterocycles. The summed E-state index contributed by atoms with van der Waals surface area (Å²) in [7, 11) is 0. The predicted molar refractivity (Wildman–Crippen MR) is 72.9 cm³/mol. The van der Waals surface area contributed by atoms with Crippen molar-refractivity contribution in [3.63, 3.8) is 0 Å². The number of carbonyl (C=O) groups is 1. The maximum atomic E-state index is 12.0. The summed E-state index contributed by atoms with van der Waals surface area (Å²) in [5.74, 6) is 0.129. The molecule has 3 N–H and O–H groups in total. The molecule has 0 heterocycles. The Balaban J connectivity index is 4.15. The molecule has 0 saturated heterocycles. The number of carbonyl (C=O) groups excluding carboxylic acids is 1. The van der Waals surface area contributed by atoms with Gasteiger partial charge in [0.1, 0.15) is 0 Å². The molecule has 0 radical (unpaired) electrons. The summed E-state index contributed by atoms with van der Waals surface area (Å²) in [4.78, 5) is 14.2. The highest BCUT2D eigenvalue weighted by atomic mass is 16.2. The summed E-state index contributed by atoms with van der Waals surface area (Å²) < 4.78 is 0. The van der Waals surface area contributed by atoms with Crippen molar-refractivity contribution in [3.05, 3.63) is 0 Å². The van der Waals surface area contributed by atoms with Gasteiger partial charge in [0.05, 0.1) is 6.04 Å². The predicted octanol–water partition coefficient (Wildman–Crippen LogP) is 1.35. The zero-order chi connectivity index (χ0) is 13.3. The first kappa shape index (κ1) is 16.4. The van der Waals surface area contributed by atoms with E-state index in [1.54, 1.807) is 0 Å². The van der Waals surface area contributed by atoms with E-state index in [4.69, 9.17) is 5.73 Å². The molecule has 2 unspecified atom stereocenters. The molecule has 0 aliphatic rings. The van der Waals surface area contributed by atoms with Crippen LogP contribution >= 0.6 is 0 Å². The highest BCUT2D eigenvalue weighted by Crippen LogP contribution is 2.02. The van der Waals surface area contributed by atoms with Crippen LogP contribution in [-0.2, 0) is 4.79 Å². The van der Waals surface area contributed by atoms with E-state index in [0.29, 0.717) is 6.54 Å². The lowest BCUT2D eigenvalue weighted by atomic mass is 10.1. The second-order valence-corrected chi connectivity index (χ2v) is 4.65. The van der Waals surface area contributed by atoms with Gasteiger partial charge < -0.3 is 11.1 Å². The third kappa shape index (κ3) is 6.64. The number of likely N-dealkylation sites (N-methyl/N-ethyl adjacent to an activating group) is 1. The molecule has 0 aliphatic carbocycles. The molecule has 4 heteroatoms. The van der Waals surface area contributed by atoms with Crippen LogP contribution in [0.4, 0.5) is 0 Å². The zero-order valence-corrected chi connectivity index (χ0v) is 11.8. The second-order valence-electron chi connectivity index (χ2n) is 4.65. The Morgan fingerprint density at radius 2 is 2.00 bits per heavy atom. The lowest BCUT2D eigenvalue weighted by Gasteiger charge is -2.28. The molecular weight excluding hydrogens is 214 g/mol. The lowest BCUT2D eigenvalue weighted by Crippen LogP contribution is -2.48. The van der Waals surface area contributed by atoms with Gasteiger partial charge in [0.25, 0.3) is 0 Å². The largest absolute Gasteiger partial charge is 0.352 e. The summed E-state index contributed by atoms with van der Waals surface area (Å²) in [6.07, 6.45) is 3.07. The maximum absolute atomic E-state index is 12.0. The normalized spacial score (nSPS) is 14.7. The lowest BCUT2D eigenvalue weighted by molar-refractivity contribution is -0.126. The van der Waals surface area contributed by atoms with Crippen LogP contribution in [0.15, 0.2) is 0 Å². The number of hydrogen-bond donors (Lipinski definition) is 2. The monoisotopic (exact) mass is 243 g/mol. The topological polar surface area (TPSA) is 58.4 Å². The van der Waals surface area contributed by atoms with Crippen LogP contribution in [0.1, 0.15) is 47.0 Å². The van der Waals surface area contributed by atoms with E-state index in [9.17, 15) is 4.79 Å². The van der Waals surface area contributed by atoms with Crippen LogP contribution in [-0.4, -0.2) is 42.5 Å². The fourth-order valence-electron chi connectivity index (χ4n) is 1.95. The van der Waals surface area contributed by atoms with Crippen molar-refractivity contribution in [2.24, 2.45) is 5.73 Å². The van der Waals surface area contributed by atoms with E-state index in [2.05, 4.69) is 31.0 Å². The van der Waals surface area contributed by atoms with Gasteiger partial charge in [-0.25, -0.2) is 0 Å². The van der Waals surface area contributed by atoms with Crippen molar-refractivity contribution in [1.29, 1.82) is 0 Å². The van der Waals surface area contributed by atoms with Gasteiger partial charge in [-0.05, 0) is 39.8 Å². The Labute approximate surface area is 106 Å². The molecule has 0 rings (SSSR count). The molecule has 1 amide bonds. The highest BCUT2D eigenvalue weighted by molar-refractivity contribution is 5.81. The molecule has 4 nitrogen and oxygen atoms in total. The first-order valence-corrected chi connectivity index (χ1v) is 6.81. The highest BCUT2D eigenvalue weighted by Gasteiger charge is 2.20. The third-order valence-corrected chi connectivity index (χ3v) is 3.09. The maximum Gasteiger partial charge on any atom is 0.237 e. The molecule has 0 aromatic heterocycles. The van der Waals surface area contributed by atoms with Gasteiger partial charge in [-0.1, -0.05) is 20.3 Å². The number of hydrogen-bond acceptors (Lipinski definition) is 3. The van der Waals surface area contributed by atoms with Crippen LogP contribution in [0.3, 0.4) is 0 Å². The van der Waals surface area contributed by atoms with Gasteiger partial charge >= 0.3 is 0 Å². The van der Waals surface area contributed by atoms with Gasteiger partial charge in [0.2, 0.25) is 5.91 Å². The van der Waals surface area contributed by atoms with Gasteiger partial charge in [0, 0.05) is 12.6 Å². The number of rotatable bonds is 9. The van der Waals surface area contributed by atoms with E-state index in [-0.39, 0.29) is 18.0 Å². The summed E-state index contributed by atoms with van der Waals surface area (Å²) in [6, 6.07) is 0.203. The summed E-state index contributed by atoms with van der Waals surface area (Å²) in [6.45, 7) is 10.7. The second kappa shape index (κ2) is 9.42. The fraction of sp³-hybridized carbons (Fsp3) is 0.923. The molecule has 0 spiro atoms. The van der Waals surface area contributed by atoms with Gasteiger partial charge in [0.15, 0.2) is 0 Å². The Morgan fingerprint density at radius 3 is 2.47 bits per heavy atom. The Hall–Kier alpha value is -0.610. The number of amides is 1. The van der Waals surface area contributed by atoms with Crippen molar-refractivity contribution < 1.29 is 4.79 Å². The first-order chi connectivity index (χ1) is 8.06. The molecule has 17 heavy (non-hydrogen) atoms. The number of nitrogens with two attached hydrogens (primary N) is 1. The van der Waals surface area contributed by atoms with Gasteiger partial charge in [-0.3, -0.25) is 9.69 Å². The fourth-order valence-corrected chi connectivity index (χ4v) is 1.95. The average molecular weight is 243 g/mol. The average Bonchev–Trinajstić information content (AvgIpc) is 2.29. The van der Waals surface area contributed by atoms with Crippen molar-refractivity contribution >= 4 is 5.91 Å². The standard InChI is InChI=1S/C13H29N3O/c1-5-8-11(3)15-13(17)12(4)16(6-2)10-7-9-14/h11-12H,5-10,14H2,1-4H3,(H,15,17). The first-order valence-electron chi connectivity index (χ1n) is 6.81. The van der Waals surface area contributed by atoms with E-state index in [1.807, 2.05) is 6.92 Å². The van der Waals surface area contributed by atoms with Crippen LogP contribution in [0.25, 0.3) is 0 Å².